The first-order valence-electron chi connectivity index (χ1n) is 10.0. The molecule has 9 heteroatoms. The molecule has 0 aliphatic heterocycles. The molecule has 1 N–H and O–H groups in total. The number of carbonyl (C=O) groups is 2. The number of aromatic nitrogens is 3. The number of nitrogens with zero attached hydrogens (tertiary/aromatic N) is 3. The van der Waals surface area contributed by atoms with E-state index in [1.807, 2.05) is 34.9 Å². The molecule has 1 heterocycles. The third-order valence-corrected chi connectivity index (χ3v) is 5.17. The molecule has 0 atom stereocenters. The molecule has 0 unspecified atom stereocenters. The summed E-state index contributed by atoms with van der Waals surface area (Å²) in [4.78, 5) is 24.3. The van der Waals surface area contributed by atoms with Crippen molar-refractivity contribution in [1.82, 2.24) is 14.8 Å². The summed E-state index contributed by atoms with van der Waals surface area (Å²) in [6.45, 7) is 6.55. The third kappa shape index (κ3) is 6.45. The zero-order valence-electron chi connectivity index (χ0n) is 17.7. The van der Waals surface area contributed by atoms with Crippen molar-refractivity contribution in [2.45, 2.75) is 25.2 Å². The first kappa shape index (κ1) is 23.1. The summed E-state index contributed by atoms with van der Waals surface area (Å²) < 4.78 is 12.6. The predicted octanol–water partition coefficient (Wildman–Crippen LogP) is 3.95. The number of allylic oxidation sites excluding steroid dienone is 1. The minimum atomic E-state index is -0.430. The van der Waals surface area contributed by atoms with Crippen LogP contribution in [0, 0.1) is 0 Å². The molecular formula is C23H24N4O4S. The smallest absolute Gasteiger partial charge is 0.338 e. The lowest BCUT2D eigenvalue weighted by Crippen LogP contribution is -2.15. The number of benzene rings is 2. The van der Waals surface area contributed by atoms with Crippen molar-refractivity contribution in [2.75, 3.05) is 17.7 Å². The van der Waals surface area contributed by atoms with Crippen LogP contribution in [0.15, 0.2) is 72.4 Å². The SMILES string of the molecule is C=CCn1c(COc2ccccc2)nnc1SCC(=O)Nc1cccc(C(=O)OCC)c1. The number of anilines is 1. The summed E-state index contributed by atoms with van der Waals surface area (Å²) >= 11 is 1.26. The van der Waals surface area contributed by atoms with Crippen molar-refractivity contribution >= 4 is 29.3 Å². The van der Waals surface area contributed by atoms with Gasteiger partial charge < -0.3 is 14.8 Å². The van der Waals surface area contributed by atoms with Gasteiger partial charge in [-0.15, -0.1) is 16.8 Å². The van der Waals surface area contributed by atoms with Crippen molar-refractivity contribution in [1.29, 1.82) is 0 Å². The minimum absolute atomic E-state index is 0.123. The molecule has 8 nitrogen and oxygen atoms in total. The zero-order valence-corrected chi connectivity index (χ0v) is 18.5. The van der Waals surface area contributed by atoms with Gasteiger partial charge in [-0.1, -0.05) is 42.1 Å². The molecule has 32 heavy (non-hydrogen) atoms. The molecule has 0 saturated heterocycles. The van der Waals surface area contributed by atoms with Gasteiger partial charge in [-0.3, -0.25) is 9.36 Å². The van der Waals surface area contributed by atoms with Gasteiger partial charge in [-0.25, -0.2) is 4.79 Å². The Morgan fingerprint density at radius 3 is 2.72 bits per heavy atom. The summed E-state index contributed by atoms with van der Waals surface area (Å²) in [5.41, 5.74) is 0.900. The molecule has 0 spiro atoms. The predicted molar refractivity (Wildman–Crippen MR) is 123 cm³/mol. The first-order chi connectivity index (χ1) is 15.6. The summed E-state index contributed by atoms with van der Waals surface area (Å²) in [6, 6.07) is 16.1. The van der Waals surface area contributed by atoms with E-state index in [1.54, 1.807) is 37.3 Å². The maximum Gasteiger partial charge on any atom is 0.338 e. The van der Waals surface area contributed by atoms with E-state index in [2.05, 4.69) is 22.1 Å². The van der Waals surface area contributed by atoms with E-state index in [0.29, 0.717) is 28.8 Å². The molecular weight excluding hydrogens is 428 g/mol. The lowest BCUT2D eigenvalue weighted by Gasteiger charge is -2.09. The molecule has 3 aromatic rings. The Labute approximate surface area is 190 Å². The van der Waals surface area contributed by atoms with E-state index < -0.39 is 5.97 Å². The summed E-state index contributed by atoms with van der Waals surface area (Å²) in [7, 11) is 0. The van der Waals surface area contributed by atoms with E-state index in [9.17, 15) is 9.59 Å². The Balaban J connectivity index is 1.59. The van der Waals surface area contributed by atoms with Crippen LogP contribution in [-0.2, 0) is 22.7 Å². The highest BCUT2D eigenvalue weighted by Gasteiger charge is 2.15. The molecule has 0 saturated carbocycles. The van der Waals surface area contributed by atoms with Gasteiger partial charge in [0.1, 0.15) is 12.4 Å². The second kappa shape index (κ2) is 11.7. The van der Waals surface area contributed by atoms with Crippen LogP contribution in [0.4, 0.5) is 5.69 Å². The number of nitrogens with one attached hydrogen (secondary N) is 1. The lowest BCUT2D eigenvalue weighted by atomic mass is 10.2. The number of rotatable bonds is 11. The van der Waals surface area contributed by atoms with Crippen LogP contribution in [0.3, 0.4) is 0 Å². The summed E-state index contributed by atoms with van der Waals surface area (Å²) in [5, 5.41) is 11.8. The quantitative estimate of drug-likeness (QED) is 0.267. The van der Waals surface area contributed by atoms with Crippen molar-refractivity contribution in [3.05, 3.63) is 78.6 Å². The molecule has 0 fully saturated rings. The number of para-hydroxylation sites is 1. The minimum Gasteiger partial charge on any atom is -0.486 e. The normalized spacial score (nSPS) is 10.4. The highest BCUT2D eigenvalue weighted by molar-refractivity contribution is 7.99. The number of esters is 1. The fourth-order valence-corrected chi connectivity index (χ4v) is 3.54. The number of carbonyl (C=O) groups excluding carboxylic acids is 2. The molecule has 166 valence electrons. The lowest BCUT2D eigenvalue weighted by molar-refractivity contribution is -0.113. The molecule has 3 rings (SSSR count). The van der Waals surface area contributed by atoms with Crippen LogP contribution >= 0.6 is 11.8 Å². The fraction of sp³-hybridized carbons (Fsp3) is 0.217. The number of ether oxygens (including phenoxy) is 2. The molecule has 1 aromatic heterocycles. The van der Waals surface area contributed by atoms with Gasteiger partial charge in [0, 0.05) is 12.2 Å². The molecule has 1 amide bonds. The second-order valence-electron chi connectivity index (χ2n) is 6.54. The van der Waals surface area contributed by atoms with Crippen LogP contribution in [0.2, 0.25) is 0 Å². The number of hydrogen-bond donors (Lipinski definition) is 1. The maximum atomic E-state index is 12.4. The third-order valence-electron chi connectivity index (χ3n) is 4.21. The highest BCUT2D eigenvalue weighted by atomic mass is 32.2. The van der Waals surface area contributed by atoms with Crippen LogP contribution in [0.5, 0.6) is 5.75 Å². The fourth-order valence-electron chi connectivity index (χ4n) is 2.78. The topological polar surface area (TPSA) is 95.3 Å². The van der Waals surface area contributed by atoms with E-state index in [4.69, 9.17) is 9.47 Å². The van der Waals surface area contributed by atoms with Crippen molar-refractivity contribution in [2.24, 2.45) is 0 Å². The summed E-state index contributed by atoms with van der Waals surface area (Å²) in [6.07, 6.45) is 1.74. The number of amides is 1. The van der Waals surface area contributed by atoms with Gasteiger partial charge in [-0.2, -0.15) is 0 Å². The average molecular weight is 453 g/mol. The average Bonchev–Trinajstić information content (AvgIpc) is 3.19. The molecule has 2 aromatic carbocycles. The Kier molecular flexibility index (Phi) is 8.44. The van der Waals surface area contributed by atoms with E-state index in [1.165, 1.54) is 11.8 Å². The van der Waals surface area contributed by atoms with Crippen LogP contribution in [0.1, 0.15) is 23.1 Å². The van der Waals surface area contributed by atoms with Crippen LogP contribution in [-0.4, -0.2) is 39.0 Å². The van der Waals surface area contributed by atoms with E-state index >= 15 is 0 Å². The number of hydrogen-bond acceptors (Lipinski definition) is 7. The second-order valence-corrected chi connectivity index (χ2v) is 7.48. The van der Waals surface area contributed by atoms with E-state index in [0.717, 1.165) is 5.75 Å². The molecule has 0 radical (unpaired) electrons. The standard InChI is InChI=1S/C23H24N4O4S/c1-3-13-27-20(15-31-19-11-6-5-7-12-19)25-26-23(27)32-16-21(28)24-18-10-8-9-17(14-18)22(29)30-4-2/h3,5-12,14H,1,4,13,15-16H2,2H3,(H,24,28). The van der Waals surface area contributed by atoms with Gasteiger partial charge in [0.25, 0.3) is 0 Å². The van der Waals surface area contributed by atoms with Crippen molar-refractivity contribution in [3.63, 3.8) is 0 Å². The number of thioether (sulfide) groups is 1. The Hall–Kier alpha value is -3.59. The zero-order chi connectivity index (χ0) is 22.8. The Morgan fingerprint density at radius 2 is 1.97 bits per heavy atom. The Bertz CT molecular complexity index is 1070. The summed E-state index contributed by atoms with van der Waals surface area (Å²) in [5.74, 6) is 0.837. The largest absolute Gasteiger partial charge is 0.486 e. The van der Waals surface area contributed by atoms with Gasteiger partial charge in [-0.05, 0) is 37.3 Å². The van der Waals surface area contributed by atoms with Gasteiger partial charge in [0.05, 0.1) is 17.9 Å². The Morgan fingerprint density at radius 1 is 1.16 bits per heavy atom. The van der Waals surface area contributed by atoms with Crippen molar-refractivity contribution in [3.8, 4) is 5.75 Å². The molecule has 0 bridgehead atoms. The van der Waals surface area contributed by atoms with E-state index in [-0.39, 0.29) is 24.9 Å². The molecule has 0 aliphatic carbocycles. The highest BCUT2D eigenvalue weighted by Crippen LogP contribution is 2.20. The monoisotopic (exact) mass is 452 g/mol. The van der Waals surface area contributed by atoms with Gasteiger partial charge in [0.15, 0.2) is 11.0 Å². The first-order valence-corrected chi connectivity index (χ1v) is 11.0. The van der Waals surface area contributed by atoms with Crippen molar-refractivity contribution < 1.29 is 19.1 Å². The maximum absolute atomic E-state index is 12.4. The van der Waals surface area contributed by atoms with Gasteiger partial charge in [0.2, 0.25) is 5.91 Å². The molecule has 0 aliphatic rings. The van der Waals surface area contributed by atoms with Gasteiger partial charge >= 0.3 is 5.97 Å². The van der Waals surface area contributed by atoms with Crippen LogP contribution < -0.4 is 10.1 Å². The van der Waals surface area contributed by atoms with Crippen LogP contribution in [0.25, 0.3) is 0 Å².